The Bertz CT molecular complexity index is 599. The first-order chi connectivity index (χ1) is 11.7. The Kier molecular flexibility index (Phi) is 8.36. The van der Waals surface area contributed by atoms with Gasteiger partial charge in [0, 0.05) is 24.6 Å². The van der Waals surface area contributed by atoms with Crippen LogP contribution in [-0.4, -0.2) is 25.7 Å². The van der Waals surface area contributed by atoms with E-state index in [0.29, 0.717) is 26.2 Å². The molecule has 0 aliphatic carbocycles. The molecule has 1 amide bonds. The van der Waals surface area contributed by atoms with E-state index in [0.717, 1.165) is 29.8 Å². The summed E-state index contributed by atoms with van der Waals surface area (Å²) in [5, 5.41) is 3.65. The van der Waals surface area contributed by atoms with Crippen LogP contribution in [-0.2, 0) is 22.4 Å². The standard InChI is InChI=1S/C20H24ClNO2/c21-19-10-7-18(8-11-19)9-12-20(23)22-14-4-15-24-16-13-17-5-2-1-3-6-17/h1-3,5-8,10-11H,4,9,12-16H2,(H,22,23). The Balaban J connectivity index is 1.46. The molecule has 2 aromatic carbocycles. The zero-order valence-electron chi connectivity index (χ0n) is 13.8. The van der Waals surface area contributed by atoms with E-state index in [2.05, 4.69) is 17.4 Å². The molecule has 128 valence electrons. The predicted molar refractivity (Wildman–Crippen MR) is 98.4 cm³/mol. The van der Waals surface area contributed by atoms with E-state index in [1.807, 2.05) is 42.5 Å². The van der Waals surface area contributed by atoms with Gasteiger partial charge in [0.15, 0.2) is 0 Å². The number of halogens is 1. The third-order valence-corrected chi connectivity index (χ3v) is 3.97. The van der Waals surface area contributed by atoms with E-state index >= 15 is 0 Å². The molecule has 0 atom stereocenters. The summed E-state index contributed by atoms with van der Waals surface area (Å²) in [7, 11) is 0. The fraction of sp³-hybridized carbons (Fsp3) is 0.350. The second-order valence-corrected chi connectivity index (χ2v) is 6.11. The Hall–Kier alpha value is -1.84. The van der Waals surface area contributed by atoms with Crippen LogP contribution in [0.25, 0.3) is 0 Å². The maximum absolute atomic E-state index is 11.8. The van der Waals surface area contributed by atoms with Crippen LogP contribution >= 0.6 is 11.6 Å². The van der Waals surface area contributed by atoms with Gasteiger partial charge in [-0.15, -0.1) is 0 Å². The number of aryl methyl sites for hydroxylation is 1. The second-order valence-electron chi connectivity index (χ2n) is 5.68. The molecule has 4 heteroatoms. The highest BCUT2D eigenvalue weighted by atomic mass is 35.5. The van der Waals surface area contributed by atoms with Gasteiger partial charge >= 0.3 is 0 Å². The van der Waals surface area contributed by atoms with Gasteiger partial charge in [-0.2, -0.15) is 0 Å². The molecule has 0 fully saturated rings. The highest BCUT2D eigenvalue weighted by molar-refractivity contribution is 6.30. The smallest absolute Gasteiger partial charge is 0.220 e. The number of carbonyl (C=O) groups excluding carboxylic acids is 1. The van der Waals surface area contributed by atoms with Gasteiger partial charge in [-0.3, -0.25) is 4.79 Å². The number of hydrogen-bond acceptors (Lipinski definition) is 2. The van der Waals surface area contributed by atoms with Gasteiger partial charge < -0.3 is 10.1 Å². The summed E-state index contributed by atoms with van der Waals surface area (Å²) in [5.74, 6) is 0.0780. The van der Waals surface area contributed by atoms with Crippen molar-refractivity contribution < 1.29 is 9.53 Å². The van der Waals surface area contributed by atoms with E-state index in [-0.39, 0.29) is 5.91 Å². The molecule has 0 radical (unpaired) electrons. The van der Waals surface area contributed by atoms with Crippen LogP contribution in [0.3, 0.4) is 0 Å². The molecule has 0 bridgehead atoms. The first-order valence-electron chi connectivity index (χ1n) is 8.37. The van der Waals surface area contributed by atoms with Crippen LogP contribution in [0.4, 0.5) is 0 Å². The SMILES string of the molecule is O=C(CCc1ccc(Cl)cc1)NCCCOCCc1ccccc1. The molecule has 0 aliphatic rings. The highest BCUT2D eigenvalue weighted by Crippen LogP contribution is 2.10. The maximum Gasteiger partial charge on any atom is 0.220 e. The number of carbonyl (C=O) groups is 1. The molecule has 0 aromatic heterocycles. The number of benzene rings is 2. The van der Waals surface area contributed by atoms with Crippen LogP contribution in [0.15, 0.2) is 54.6 Å². The zero-order valence-corrected chi connectivity index (χ0v) is 14.6. The first-order valence-corrected chi connectivity index (χ1v) is 8.74. The van der Waals surface area contributed by atoms with Gasteiger partial charge in [0.25, 0.3) is 0 Å². The Morgan fingerprint density at radius 2 is 1.62 bits per heavy atom. The van der Waals surface area contributed by atoms with Crippen LogP contribution < -0.4 is 5.32 Å². The van der Waals surface area contributed by atoms with E-state index in [1.165, 1.54) is 5.56 Å². The molecule has 0 aliphatic heterocycles. The Labute approximate surface area is 149 Å². The first kappa shape index (κ1) is 18.5. The number of nitrogens with one attached hydrogen (secondary N) is 1. The summed E-state index contributed by atoms with van der Waals surface area (Å²) in [6.07, 6.45) is 2.99. The van der Waals surface area contributed by atoms with Crippen molar-refractivity contribution in [2.75, 3.05) is 19.8 Å². The minimum Gasteiger partial charge on any atom is -0.381 e. The van der Waals surface area contributed by atoms with Gasteiger partial charge in [-0.05, 0) is 42.5 Å². The van der Waals surface area contributed by atoms with E-state index in [1.54, 1.807) is 0 Å². The van der Waals surface area contributed by atoms with Crippen molar-refractivity contribution in [1.29, 1.82) is 0 Å². The van der Waals surface area contributed by atoms with Crippen molar-refractivity contribution >= 4 is 17.5 Å². The van der Waals surface area contributed by atoms with Crippen LogP contribution in [0.2, 0.25) is 5.02 Å². The molecule has 1 N–H and O–H groups in total. The molecule has 0 saturated heterocycles. The summed E-state index contributed by atoms with van der Waals surface area (Å²) in [4.78, 5) is 11.8. The lowest BCUT2D eigenvalue weighted by Gasteiger charge is -2.07. The summed E-state index contributed by atoms with van der Waals surface area (Å²) in [5.41, 5.74) is 2.41. The molecule has 0 saturated carbocycles. The average molecular weight is 346 g/mol. The lowest BCUT2D eigenvalue weighted by Crippen LogP contribution is -2.25. The van der Waals surface area contributed by atoms with Crippen molar-refractivity contribution in [1.82, 2.24) is 5.32 Å². The molecule has 0 unspecified atom stereocenters. The molecule has 2 aromatic rings. The van der Waals surface area contributed by atoms with E-state index < -0.39 is 0 Å². The molecular weight excluding hydrogens is 322 g/mol. The largest absolute Gasteiger partial charge is 0.381 e. The van der Waals surface area contributed by atoms with Gasteiger partial charge in [0.1, 0.15) is 0 Å². The topological polar surface area (TPSA) is 38.3 Å². The van der Waals surface area contributed by atoms with Gasteiger partial charge in [-0.1, -0.05) is 54.1 Å². The number of amides is 1. The second kappa shape index (κ2) is 10.8. The lowest BCUT2D eigenvalue weighted by atomic mass is 10.1. The quantitative estimate of drug-likeness (QED) is 0.660. The molecule has 0 spiro atoms. The third kappa shape index (κ3) is 7.62. The average Bonchev–Trinajstić information content (AvgIpc) is 2.61. The Morgan fingerprint density at radius 1 is 0.917 bits per heavy atom. The fourth-order valence-electron chi connectivity index (χ4n) is 2.34. The van der Waals surface area contributed by atoms with Gasteiger partial charge in [0.05, 0.1) is 6.61 Å². The van der Waals surface area contributed by atoms with Gasteiger partial charge in [0.2, 0.25) is 5.91 Å². The third-order valence-electron chi connectivity index (χ3n) is 3.72. The van der Waals surface area contributed by atoms with E-state index in [4.69, 9.17) is 16.3 Å². The minimum absolute atomic E-state index is 0.0780. The monoisotopic (exact) mass is 345 g/mol. The number of rotatable bonds is 10. The zero-order chi connectivity index (χ0) is 17.0. The van der Waals surface area contributed by atoms with Crippen molar-refractivity contribution in [2.45, 2.75) is 25.7 Å². The summed E-state index contributed by atoms with van der Waals surface area (Å²) in [6.45, 7) is 2.05. The van der Waals surface area contributed by atoms with Crippen LogP contribution in [0.1, 0.15) is 24.0 Å². The lowest BCUT2D eigenvalue weighted by molar-refractivity contribution is -0.121. The Morgan fingerprint density at radius 3 is 2.38 bits per heavy atom. The van der Waals surface area contributed by atoms with Gasteiger partial charge in [-0.25, -0.2) is 0 Å². The molecule has 24 heavy (non-hydrogen) atoms. The number of ether oxygens (including phenoxy) is 1. The summed E-state index contributed by atoms with van der Waals surface area (Å²) < 4.78 is 5.60. The molecular formula is C20H24ClNO2. The fourth-order valence-corrected chi connectivity index (χ4v) is 2.46. The summed E-state index contributed by atoms with van der Waals surface area (Å²) >= 11 is 5.84. The van der Waals surface area contributed by atoms with Crippen LogP contribution in [0.5, 0.6) is 0 Å². The molecule has 2 rings (SSSR count). The van der Waals surface area contributed by atoms with E-state index in [9.17, 15) is 4.79 Å². The molecule has 0 heterocycles. The minimum atomic E-state index is 0.0780. The number of hydrogen-bond donors (Lipinski definition) is 1. The van der Waals surface area contributed by atoms with Crippen molar-refractivity contribution in [3.8, 4) is 0 Å². The van der Waals surface area contributed by atoms with Crippen molar-refractivity contribution in [3.05, 3.63) is 70.7 Å². The maximum atomic E-state index is 11.8. The predicted octanol–water partition coefficient (Wildman–Crippen LogP) is 4.04. The summed E-state index contributed by atoms with van der Waals surface area (Å²) in [6, 6.07) is 17.9. The van der Waals surface area contributed by atoms with Crippen molar-refractivity contribution in [3.63, 3.8) is 0 Å². The molecule has 3 nitrogen and oxygen atoms in total. The highest BCUT2D eigenvalue weighted by Gasteiger charge is 2.02. The normalized spacial score (nSPS) is 10.5. The van der Waals surface area contributed by atoms with Crippen molar-refractivity contribution in [2.24, 2.45) is 0 Å². The van der Waals surface area contributed by atoms with Crippen LogP contribution in [0, 0.1) is 0 Å².